The summed E-state index contributed by atoms with van der Waals surface area (Å²) in [7, 11) is 0. The van der Waals surface area contributed by atoms with Gasteiger partial charge in [0, 0.05) is 18.5 Å². The van der Waals surface area contributed by atoms with Gasteiger partial charge in [-0.05, 0) is 30.7 Å². The lowest BCUT2D eigenvalue weighted by Gasteiger charge is -2.13. The van der Waals surface area contributed by atoms with Gasteiger partial charge in [0.25, 0.3) is 0 Å². The van der Waals surface area contributed by atoms with Crippen molar-refractivity contribution in [2.75, 3.05) is 6.54 Å². The van der Waals surface area contributed by atoms with Gasteiger partial charge in [-0.1, -0.05) is 29.8 Å². The normalized spacial score (nSPS) is 11.3. The summed E-state index contributed by atoms with van der Waals surface area (Å²) in [5, 5.41) is -0.561. The van der Waals surface area contributed by atoms with Crippen molar-refractivity contribution in [3.63, 3.8) is 0 Å². The molecule has 0 saturated carbocycles. The number of hydrogen-bond acceptors (Lipinski definition) is 3. The van der Waals surface area contributed by atoms with Crippen LogP contribution in [0.5, 0.6) is 0 Å². The van der Waals surface area contributed by atoms with Crippen molar-refractivity contribution in [1.29, 1.82) is 0 Å². The molecule has 0 heterocycles. The molecule has 0 saturated heterocycles. The fourth-order valence-electron chi connectivity index (χ4n) is 0.940. The molecule has 1 aromatic rings. The van der Waals surface area contributed by atoms with E-state index < -0.39 is 5.37 Å². The molecular weight excluding hydrogens is 267 g/mol. The smallest absolute Gasteiger partial charge is 0.267 e. The van der Waals surface area contributed by atoms with Gasteiger partial charge in [-0.15, -0.1) is 0 Å². The molecule has 0 atom stereocenters. The second-order valence-corrected chi connectivity index (χ2v) is 4.65. The van der Waals surface area contributed by atoms with E-state index in [4.69, 9.17) is 23.2 Å². The summed E-state index contributed by atoms with van der Waals surface area (Å²) < 4.78 is 1.57. The topological polar surface area (TPSA) is 32.7 Å². The van der Waals surface area contributed by atoms with E-state index in [-0.39, 0.29) is 4.50 Å². The Balaban J connectivity index is 2.68. The van der Waals surface area contributed by atoms with Crippen LogP contribution in [0.15, 0.2) is 35.3 Å². The van der Waals surface area contributed by atoms with E-state index in [1.54, 1.807) is 6.92 Å². The largest absolute Gasteiger partial charge is 0.326 e. The predicted octanol–water partition coefficient (Wildman–Crippen LogP) is 4.24. The van der Waals surface area contributed by atoms with Crippen LogP contribution in [0.3, 0.4) is 0 Å². The molecule has 0 aliphatic carbocycles. The summed E-state index contributed by atoms with van der Waals surface area (Å²) in [6, 6.07) is 9.25. The number of halogens is 2. The van der Waals surface area contributed by atoms with Crippen LogP contribution < -0.4 is 0 Å². The highest BCUT2D eigenvalue weighted by atomic mass is 35.5. The second kappa shape index (κ2) is 6.78. The first-order valence-corrected chi connectivity index (χ1v) is 6.10. The second-order valence-electron chi connectivity index (χ2n) is 2.74. The van der Waals surface area contributed by atoms with Gasteiger partial charge in [0.2, 0.25) is 0 Å². The first kappa shape index (κ1) is 13.4. The maximum absolute atomic E-state index is 10.9. The Morgan fingerprint density at radius 1 is 1.38 bits per heavy atom. The minimum Gasteiger partial charge on any atom is -0.267 e. The minimum atomic E-state index is -0.561. The van der Waals surface area contributed by atoms with Crippen LogP contribution in [0.4, 0.5) is 10.5 Å². The molecule has 0 unspecified atom stereocenters. The van der Waals surface area contributed by atoms with Crippen molar-refractivity contribution in [2.24, 2.45) is 4.99 Å². The summed E-state index contributed by atoms with van der Waals surface area (Å²) in [6.07, 6.45) is 0. The third kappa shape index (κ3) is 4.43. The summed E-state index contributed by atoms with van der Waals surface area (Å²) in [5.74, 6) is 0. The molecule has 6 heteroatoms. The lowest BCUT2D eigenvalue weighted by Crippen LogP contribution is -2.18. The first-order chi connectivity index (χ1) is 7.63. The summed E-state index contributed by atoms with van der Waals surface area (Å²) >= 11 is 12.3. The number of para-hydroxylation sites is 1. The molecule has 1 amide bonds. The Kier molecular flexibility index (Phi) is 5.66. The number of aliphatic imine (C=N–C) groups is 1. The van der Waals surface area contributed by atoms with Crippen molar-refractivity contribution >= 4 is 50.7 Å². The Morgan fingerprint density at radius 2 is 2.00 bits per heavy atom. The Morgan fingerprint density at radius 3 is 2.50 bits per heavy atom. The molecule has 16 heavy (non-hydrogen) atoms. The number of carbonyl (C=O) groups is 1. The summed E-state index contributed by atoms with van der Waals surface area (Å²) in [6.45, 7) is 2.27. The van der Waals surface area contributed by atoms with Crippen LogP contribution in [0.2, 0.25) is 0 Å². The molecule has 0 bridgehead atoms. The lowest BCUT2D eigenvalue weighted by molar-refractivity contribution is 0.248. The maximum Gasteiger partial charge on any atom is 0.326 e. The molecule has 86 valence electrons. The van der Waals surface area contributed by atoms with Crippen LogP contribution in [0, 0.1) is 0 Å². The molecule has 0 N–H and O–H groups in total. The zero-order chi connectivity index (χ0) is 12.0. The van der Waals surface area contributed by atoms with Crippen molar-refractivity contribution < 1.29 is 4.79 Å². The fraction of sp³-hybridized carbons (Fsp3) is 0.200. The molecule has 0 aliphatic heterocycles. The van der Waals surface area contributed by atoms with Gasteiger partial charge in [0.1, 0.15) is 0 Å². The molecule has 3 nitrogen and oxygen atoms in total. The highest BCUT2D eigenvalue weighted by molar-refractivity contribution is 8.15. The number of rotatable bonds is 2. The van der Waals surface area contributed by atoms with E-state index >= 15 is 0 Å². The number of amides is 1. The van der Waals surface area contributed by atoms with Gasteiger partial charge in [-0.3, -0.25) is 9.10 Å². The van der Waals surface area contributed by atoms with E-state index in [0.29, 0.717) is 6.54 Å². The molecule has 0 aliphatic rings. The van der Waals surface area contributed by atoms with E-state index in [0.717, 1.165) is 17.6 Å². The third-order valence-corrected chi connectivity index (χ3v) is 3.12. The highest BCUT2D eigenvalue weighted by Gasteiger charge is 2.11. The van der Waals surface area contributed by atoms with Crippen LogP contribution in [0.25, 0.3) is 0 Å². The standard InChI is InChI=1S/C10H10Cl2N2OS/c1-2-14(10(12)15)16-9(11)13-8-6-4-3-5-7-8/h3-7H,2H2,1H3. The van der Waals surface area contributed by atoms with Crippen LogP contribution in [-0.4, -0.2) is 20.7 Å². The fourth-order valence-corrected chi connectivity index (χ4v) is 2.04. The molecule has 0 radical (unpaired) electrons. The Labute approximate surface area is 109 Å². The predicted molar refractivity (Wildman–Crippen MR) is 70.6 cm³/mol. The molecule has 0 aromatic heterocycles. The SMILES string of the molecule is CCN(SC(Cl)=Nc1ccccc1)C(=O)Cl. The molecule has 1 aromatic carbocycles. The quantitative estimate of drug-likeness (QED) is 0.266. The van der Waals surface area contributed by atoms with Crippen molar-refractivity contribution in [1.82, 2.24) is 4.31 Å². The molecular formula is C10H10Cl2N2OS. The average Bonchev–Trinajstić information content (AvgIpc) is 2.27. The summed E-state index contributed by atoms with van der Waals surface area (Å²) in [4.78, 5) is 15.0. The van der Waals surface area contributed by atoms with Crippen molar-refractivity contribution in [3.05, 3.63) is 30.3 Å². The number of hydrogen-bond donors (Lipinski definition) is 0. The highest BCUT2D eigenvalue weighted by Crippen LogP contribution is 2.21. The van der Waals surface area contributed by atoms with E-state index in [9.17, 15) is 4.79 Å². The monoisotopic (exact) mass is 276 g/mol. The first-order valence-electron chi connectivity index (χ1n) is 4.57. The van der Waals surface area contributed by atoms with Gasteiger partial charge >= 0.3 is 5.37 Å². The lowest BCUT2D eigenvalue weighted by atomic mass is 10.3. The Hall–Kier alpha value is -0.710. The van der Waals surface area contributed by atoms with Crippen LogP contribution >= 0.6 is 35.1 Å². The third-order valence-electron chi connectivity index (χ3n) is 1.64. The van der Waals surface area contributed by atoms with Crippen molar-refractivity contribution in [3.8, 4) is 0 Å². The van der Waals surface area contributed by atoms with E-state index in [2.05, 4.69) is 4.99 Å². The average molecular weight is 277 g/mol. The number of nitrogens with zero attached hydrogens (tertiary/aromatic N) is 2. The Bertz CT molecular complexity index is 384. The van der Waals surface area contributed by atoms with Gasteiger partial charge in [-0.2, -0.15) is 0 Å². The van der Waals surface area contributed by atoms with Crippen LogP contribution in [-0.2, 0) is 0 Å². The molecule has 1 rings (SSSR count). The zero-order valence-corrected chi connectivity index (χ0v) is 10.9. The van der Waals surface area contributed by atoms with Gasteiger partial charge in [-0.25, -0.2) is 4.99 Å². The summed E-state index contributed by atoms with van der Waals surface area (Å²) in [5.41, 5.74) is 0.734. The van der Waals surface area contributed by atoms with E-state index in [1.807, 2.05) is 30.3 Å². The zero-order valence-electron chi connectivity index (χ0n) is 8.56. The van der Waals surface area contributed by atoms with Gasteiger partial charge < -0.3 is 0 Å². The van der Waals surface area contributed by atoms with Crippen molar-refractivity contribution in [2.45, 2.75) is 6.92 Å². The maximum atomic E-state index is 10.9. The van der Waals surface area contributed by atoms with E-state index in [1.165, 1.54) is 4.31 Å². The molecule has 0 spiro atoms. The number of carbonyl (C=O) groups excluding carboxylic acids is 1. The molecule has 0 fully saturated rings. The minimum absolute atomic E-state index is 0.252. The number of benzene rings is 1. The van der Waals surface area contributed by atoms with Gasteiger partial charge in [0.05, 0.1) is 5.69 Å². The van der Waals surface area contributed by atoms with Crippen LogP contribution in [0.1, 0.15) is 6.92 Å². The van der Waals surface area contributed by atoms with Gasteiger partial charge in [0.15, 0.2) is 4.50 Å².